The number of rotatable bonds is 5. The second kappa shape index (κ2) is 5.30. The van der Waals surface area contributed by atoms with Crippen molar-refractivity contribution in [3.63, 3.8) is 0 Å². The summed E-state index contributed by atoms with van der Waals surface area (Å²) in [5.74, 6) is 1.09. The number of halogens is 1. The number of hydrogen-bond donors (Lipinski definition) is 0. The molecule has 0 fully saturated rings. The Morgan fingerprint density at radius 3 is 2.50 bits per heavy atom. The molecule has 0 spiro atoms. The van der Waals surface area contributed by atoms with Gasteiger partial charge in [-0.15, -0.1) is 0 Å². The SMILES string of the molecule is CC(Br)CC(C)(C)Cc1ncnn1C(C)C. The van der Waals surface area contributed by atoms with Crippen molar-refractivity contribution in [1.29, 1.82) is 0 Å². The molecule has 0 N–H and O–H groups in total. The first-order valence-electron chi connectivity index (χ1n) is 5.84. The van der Waals surface area contributed by atoms with Gasteiger partial charge >= 0.3 is 0 Å². The van der Waals surface area contributed by atoms with Gasteiger partial charge in [0.25, 0.3) is 0 Å². The summed E-state index contributed by atoms with van der Waals surface area (Å²) in [5.41, 5.74) is 0.253. The molecule has 0 saturated carbocycles. The van der Waals surface area contributed by atoms with Crippen molar-refractivity contribution in [2.45, 2.75) is 58.3 Å². The van der Waals surface area contributed by atoms with Crippen molar-refractivity contribution in [2.75, 3.05) is 0 Å². The van der Waals surface area contributed by atoms with Gasteiger partial charge in [-0.25, -0.2) is 9.67 Å². The van der Waals surface area contributed by atoms with Crippen LogP contribution in [0.2, 0.25) is 0 Å². The minimum Gasteiger partial charge on any atom is -0.248 e. The number of alkyl halides is 1. The Morgan fingerprint density at radius 2 is 2.00 bits per heavy atom. The fourth-order valence-electron chi connectivity index (χ4n) is 2.09. The fraction of sp³-hybridized carbons (Fsp3) is 0.833. The topological polar surface area (TPSA) is 30.7 Å². The van der Waals surface area contributed by atoms with Crippen molar-refractivity contribution < 1.29 is 0 Å². The van der Waals surface area contributed by atoms with Gasteiger partial charge in [0.2, 0.25) is 0 Å². The Kier molecular flexibility index (Phi) is 4.53. The van der Waals surface area contributed by atoms with Crippen LogP contribution < -0.4 is 0 Å². The lowest BCUT2D eigenvalue weighted by molar-refractivity contribution is 0.316. The van der Waals surface area contributed by atoms with Crippen molar-refractivity contribution in [3.8, 4) is 0 Å². The van der Waals surface area contributed by atoms with Gasteiger partial charge in [0.1, 0.15) is 12.2 Å². The third-order valence-electron chi connectivity index (χ3n) is 2.61. The number of aromatic nitrogens is 3. The molecule has 3 nitrogen and oxygen atoms in total. The molecule has 1 unspecified atom stereocenters. The van der Waals surface area contributed by atoms with Crippen LogP contribution in [0.5, 0.6) is 0 Å². The summed E-state index contributed by atoms with van der Waals surface area (Å²) < 4.78 is 2.01. The summed E-state index contributed by atoms with van der Waals surface area (Å²) in [7, 11) is 0. The van der Waals surface area contributed by atoms with Gasteiger partial charge in [-0.05, 0) is 25.7 Å². The standard InChI is InChI=1S/C12H22BrN3/c1-9(2)16-11(14-8-15-16)7-12(4,5)6-10(3)13/h8-10H,6-7H2,1-5H3. The molecule has 1 heterocycles. The van der Waals surface area contributed by atoms with Gasteiger partial charge in [0, 0.05) is 17.3 Å². The predicted octanol–water partition coefficient (Wildman–Crippen LogP) is 3.60. The van der Waals surface area contributed by atoms with Crippen LogP contribution >= 0.6 is 15.9 Å². The van der Waals surface area contributed by atoms with Gasteiger partial charge in [-0.3, -0.25) is 0 Å². The molecule has 0 aliphatic heterocycles. The van der Waals surface area contributed by atoms with Crippen LogP contribution in [0.25, 0.3) is 0 Å². The van der Waals surface area contributed by atoms with Gasteiger partial charge in [0.05, 0.1) is 0 Å². The molecular weight excluding hydrogens is 266 g/mol. The van der Waals surface area contributed by atoms with E-state index in [1.165, 1.54) is 0 Å². The summed E-state index contributed by atoms with van der Waals surface area (Å²) in [6, 6.07) is 0.384. The molecule has 0 aliphatic rings. The van der Waals surface area contributed by atoms with Crippen LogP contribution in [-0.2, 0) is 6.42 Å². The Hall–Kier alpha value is -0.380. The summed E-state index contributed by atoms with van der Waals surface area (Å²) in [5, 5.41) is 4.27. The van der Waals surface area contributed by atoms with E-state index in [-0.39, 0.29) is 5.41 Å². The molecule has 16 heavy (non-hydrogen) atoms. The lowest BCUT2D eigenvalue weighted by atomic mass is 9.84. The monoisotopic (exact) mass is 287 g/mol. The van der Waals surface area contributed by atoms with Crippen molar-refractivity contribution in [2.24, 2.45) is 5.41 Å². The predicted molar refractivity (Wildman–Crippen MR) is 70.9 cm³/mol. The largest absolute Gasteiger partial charge is 0.248 e. The van der Waals surface area contributed by atoms with Crippen LogP contribution in [-0.4, -0.2) is 19.6 Å². The normalized spacial score (nSPS) is 14.4. The maximum absolute atomic E-state index is 4.37. The van der Waals surface area contributed by atoms with E-state index < -0.39 is 0 Å². The number of nitrogens with zero attached hydrogens (tertiary/aromatic N) is 3. The summed E-state index contributed by atoms with van der Waals surface area (Å²) >= 11 is 3.62. The van der Waals surface area contributed by atoms with Gasteiger partial charge in [0.15, 0.2) is 0 Å². The molecule has 4 heteroatoms. The van der Waals surface area contributed by atoms with Crippen LogP contribution in [0.15, 0.2) is 6.33 Å². The summed E-state index contributed by atoms with van der Waals surface area (Å²) in [4.78, 5) is 4.91. The van der Waals surface area contributed by atoms with Crippen LogP contribution in [0.3, 0.4) is 0 Å². The van der Waals surface area contributed by atoms with Gasteiger partial charge in [-0.2, -0.15) is 5.10 Å². The van der Waals surface area contributed by atoms with Crippen LogP contribution in [0.1, 0.15) is 52.9 Å². The minimum atomic E-state index is 0.253. The Balaban J connectivity index is 2.75. The molecule has 0 bridgehead atoms. The van der Waals surface area contributed by atoms with E-state index in [1.807, 2.05) is 4.68 Å². The Morgan fingerprint density at radius 1 is 1.38 bits per heavy atom. The molecule has 1 atom stereocenters. The van der Waals surface area contributed by atoms with Crippen molar-refractivity contribution in [1.82, 2.24) is 14.8 Å². The van der Waals surface area contributed by atoms with E-state index in [2.05, 4.69) is 60.6 Å². The number of hydrogen-bond acceptors (Lipinski definition) is 2. The molecule has 1 aromatic heterocycles. The molecular formula is C12H22BrN3. The van der Waals surface area contributed by atoms with Crippen molar-refractivity contribution in [3.05, 3.63) is 12.2 Å². The molecule has 0 aromatic carbocycles. The Bertz CT molecular complexity index is 329. The quantitative estimate of drug-likeness (QED) is 0.775. The van der Waals surface area contributed by atoms with E-state index in [0.717, 1.165) is 18.7 Å². The second-order valence-corrected chi connectivity index (χ2v) is 7.10. The van der Waals surface area contributed by atoms with Crippen molar-refractivity contribution >= 4 is 15.9 Å². The van der Waals surface area contributed by atoms with Crippen LogP contribution in [0, 0.1) is 5.41 Å². The fourth-order valence-corrected chi connectivity index (χ4v) is 2.97. The smallest absolute Gasteiger partial charge is 0.138 e. The zero-order valence-corrected chi connectivity index (χ0v) is 12.5. The zero-order chi connectivity index (χ0) is 12.3. The molecule has 0 amide bonds. The maximum Gasteiger partial charge on any atom is 0.138 e. The first-order chi connectivity index (χ1) is 7.32. The highest BCUT2D eigenvalue weighted by atomic mass is 79.9. The second-order valence-electron chi connectivity index (χ2n) is 5.54. The minimum absolute atomic E-state index is 0.253. The lowest BCUT2D eigenvalue weighted by Gasteiger charge is -2.26. The molecule has 0 radical (unpaired) electrons. The van der Waals surface area contributed by atoms with Crippen LogP contribution in [0.4, 0.5) is 0 Å². The van der Waals surface area contributed by atoms with E-state index in [9.17, 15) is 0 Å². The molecule has 1 aromatic rings. The molecule has 0 saturated heterocycles. The van der Waals surface area contributed by atoms with E-state index >= 15 is 0 Å². The maximum atomic E-state index is 4.37. The van der Waals surface area contributed by atoms with E-state index in [1.54, 1.807) is 6.33 Å². The highest BCUT2D eigenvalue weighted by Crippen LogP contribution is 2.29. The Labute approximate surface area is 107 Å². The zero-order valence-electron chi connectivity index (χ0n) is 10.9. The molecule has 92 valence electrons. The highest BCUT2D eigenvalue weighted by Gasteiger charge is 2.23. The highest BCUT2D eigenvalue weighted by molar-refractivity contribution is 9.09. The average molecular weight is 288 g/mol. The lowest BCUT2D eigenvalue weighted by Crippen LogP contribution is -2.22. The van der Waals surface area contributed by atoms with E-state index in [0.29, 0.717) is 10.9 Å². The van der Waals surface area contributed by atoms with E-state index in [4.69, 9.17) is 0 Å². The first-order valence-corrected chi connectivity index (χ1v) is 6.76. The molecule has 0 aliphatic carbocycles. The van der Waals surface area contributed by atoms with Gasteiger partial charge < -0.3 is 0 Å². The third-order valence-corrected chi connectivity index (χ3v) is 2.93. The summed E-state index contributed by atoms with van der Waals surface area (Å²) in [6.45, 7) is 11.0. The first kappa shape index (κ1) is 13.7. The summed E-state index contributed by atoms with van der Waals surface area (Å²) in [6.07, 6.45) is 3.77. The molecule has 1 rings (SSSR count). The average Bonchev–Trinajstić information content (AvgIpc) is 2.48. The van der Waals surface area contributed by atoms with Gasteiger partial charge in [-0.1, -0.05) is 36.7 Å². The third kappa shape index (κ3) is 3.89.